The number of rotatable bonds is 6. The lowest BCUT2D eigenvalue weighted by molar-refractivity contribution is -0.150. The molecular formula is C14H23FN2O2. The maximum Gasteiger partial charge on any atom is 0.246 e. The number of nitrogens with zero attached hydrogens (tertiary/aromatic N) is 1. The summed E-state index contributed by atoms with van der Waals surface area (Å²) in [6.07, 6.45) is 2.96. The first-order valence-corrected chi connectivity index (χ1v) is 7.21. The molecule has 4 nitrogen and oxygen atoms in total. The van der Waals surface area contributed by atoms with Crippen molar-refractivity contribution in [3.8, 4) is 0 Å². The number of carbonyl (C=O) groups excluding carboxylic acids is 2. The molecule has 1 N–H and O–H groups in total. The number of nitrogens with one attached hydrogen (secondary N) is 1. The Morgan fingerprint density at radius 3 is 2.58 bits per heavy atom. The second kappa shape index (κ2) is 5.88. The molecule has 108 valence electrons. The summed E-state index contributed by atoms with van der Waals surface area (Å²) in [5.41, 5.74) is 0. The number of hydrogen-bond donors (Lipinski definition) is 1. The van der Waals surface area contributed by atoms with Crippen LogP contribution in [0.2, 0.25) is 0 Å². The molecule has 5 heteroatoms. The van der Waals surface area contributed by atoms with Crippen LogP contribution in [0.4, 0.5) is 4.39 Å². The van der Waals surface area contributed by atoms with E-state index in [2.05, 4.69) is 5.32 Å². The highest BCUT2D eigenvalue weighted by atomic mass is 19.1. The van der Waals surface area contributed by atoms with E-state index in [1.165, 1.54) is 0 Å². The van der Waals surface area contributed by atoms with Crippen molar-refractivity contribution in [3.05, 3.63) is 0 Å². The van der Waals surface area contributed by atoms with E-state index in [4.69, 9.17) is 0 Å². The molecule has 2 atom stereocenters. The smallest absolute Gasteiger partial charge is 0.246 e. The summed E-state index contributed by atoms with van der Waals surface area (Å²) in [4.78, 5) is 26.2. The van der Waals surface area contributed by atoms with Gasteiger partial charge in [-0.2, -0.15) is 0 Å². The Labute approximate surface area is 113 Å². The van der Waals surface area contributed by atoms with Crippen LogP contribution in [0, 0.1) is 11.8 Å². The normalized spacial score (nSPS) is 27.9. The zero-order valence-electron chi connectivity index (χ0n) is 11.7. The molecule has 1 saturated carbocycles. The zero-order valence-corrected chi connectivity index (χ0v) is 11.7. The van der Waals surface area contributed by atoms with Crippen LogP contribution in [0.3, 0.4) is 0 Å². The van der Waals surface area contributed by atoms with Gasteiger partial charge in [0.05, 0.1) is 6.67 Å². The highest BCUT2D eigenvalue weighted by Crippen LogP contribution is 2.35. The predicted molar refractivity (Wildman–Crippen MR) is 70.2 cm³/mol. The molecule has 19 heavy (non-hydrogen) atoms. The monoisotopic (exact) mass is 270 g/mol. The molecule has 1 heterocycles. The maximum absolute atomic E-state index is 12.4. The van der Waals surface area contributed by atoms with Gasteiger partial charge in [0, 0.05) is 6.54 Å². The van der Waals surface area contributed by atoms with Crippen molar-refractivity contribution in [2.45, 2.75) is 51.6 Å². The van der Waals surface area contributed by atoms with Crippen LogP contribution in [0.1, 0.15) is 39.5 Å². The maximum atomic E-state index is 12.4. The van der Waals surface area contributed by atoms with Gasteiger partial charge in [-0.3, -0.25) is 14.0 Å². The second-order valence-corrected chi connectivity index (χ2v) is 6.04. The van der Waals surface area contributed by atoms with Gasteiger partial charge in [0.15, 0.2) is 0 Å². The molecule has 1 aliphatic carbocycles. The van der Waals surface area contributed by atoms with Crippen LogP contribution in [0.5, 0.6) is 0 Å². The average molecular weight is 270 g/mol. The highest BCUT2D eigenvalue weighted by molar-refractivity contribution is 5.97. The number of halogens is 1. The Morgan fingerprint density at radius 2 is 2.05 bits per heavy atom. The lowest BCUT2D eigenvalue weighted by Gasteiger charge is -2.39. The Hall–Kier alpha value is -1.13. The Morgan fingerprint density at radius 1 is 1.37 bits per heavy atom. The van der Waals surface area contributed by atoms with Crippen molar-refractivity contribution < 1.29 is 14.0 Å². The van der Waals surface area contributed by atoms with Crippen molar-refractivity contribution in [2.75, 3.05) is 13.2 Å². The fourth-order valence-electron chi connectivity index (χ4n) is 2.71. The van der Waals surface area contributed by atoms with Crippen molar-refractivity contribution in [3.63, 3.8) is 0 Å². The number of carbonyl (C=O) groups is 2. The molecule has 0 aromatic carbocycles. The zero-order chi connectivity index (χ0) is 14.0. The second-order valence-electron chi connectivity index (χ2n) is 6.04. The van der Waals surface area contributed by atoms with Crippen molar-refractivity contribution >= 4 is 11.8 Å². The molecule has 1 aliphatic heterocycles. The lowest BCUT2D eigenvalue weighted by Crippen LogP contribution is -2.64. The van der Waals surface area contributed by atoms with Gasteiger partial charge in [-0.15, -0.1) is 0 Å². The minimum Gasteiger partial charge on any atom is -0.342 e. The summed E-state index contributed by atoms with van der Waals surface area (Å²) >= 11 is 0. The summed E-state index contributed by atoms with van der Waals surface area (Å²) in [5.74, 6) is 0.545. The first-order valence-electron chi connectivity index (χ1n) is 7.21. The Bertz CT molecular complexity index is 355. The van der Waals surface area contributed by atoms with E-state index in [0.29, 0.717) is 31.2 Å². The van der Waals surface area contributed by atoms with Crippen molar-refractivity contribution in [1.82, 2.24) is 10.2 Å². The molecule has 0 spiro atoms. The average Bonchev–Trinajstić information content (AvgIpc) is 3.16. The fourth-order valence-corrected chi connectivity index (χ4v) is 2.71. The van der Waals surface area contributed by atoms with Gasteiger partial charge in [-0.1, -0.05) is 13.8 Å². The molecule has 2 amide bonds. The van der Waals surface area contributed by atoms with E-state index < -0.39 is 12.7 Å². The molecule has 0 bridgehead atoms. The molecule has 1 saturated heterocycles. The molecule has 2 rings (SSSR count). The molecule has 2 unspecified atom stereocenters. The van der Waals surface area contributed by atoms with Gasteiger partial charge in [-0.05, 0) is 37.5 Å². The Kier molecular flexibility index (Phi) is 4.42. The first kappa shape index (κ1) is 14.3. The number of piperazine rings is 1. The van der Waals surface area contributed by atoms with Gasteiger partial charge >= 0.3 is 0 Å². The summed E-state index contributed by atoms with van der Waals surface area (Å²) in [6.45, 7) is 3.95. The lowest BCUT2D eigenvalue weighted by atomic mass is 9.96. The van der Waals surface area contributed by atoms with Crippen LogP contribution in [0.25, 0.3) is 0 Å². The SMILES string of the molecule is CC(C)CC1C(=O)NC(C2CC2)C(=O)N1CCCF. The van der Waals surface area contributed by atoms with Gasteiger partial charge in [0.25, 0.3) is 0 Å². The number of hydrogen-bond acceptors (Lipinski definition) is 2. The number of alkyl halides is 1. The minimum absolute atomic E-state index is 0.0128. The van der Waals surface area contributed by atoms with Gasteiger partial charge in [0.1, 0.15) is 12.1 Å². The molecule has 2 fully saturated rings. The van der Waals surface area contributed by atoms with E-state index in [1.54, 1.807) is 4.90 Å². The molecular weight excluding hydrogens is 247 g/mol. The summed E-state index contributed by atoms with van der Waals surface area (Å²) in [5, 5.41) is 2.87. The largest absolute Gasteiger partial charge is 0.342 e. The van der Waals surface area contributed by atoms with E-state index in [0.717, 1.165) is 12.8 Å². The van der Waals surface area contributed by atoms with Gasteiger partial charge < -0.3 is 10.2 Å². The summed E-state index contributed by atoms with van der Waals surface area (Å²) < 4.78 is 12.4. The van der Waals surface area contributed by atoms with Gasteiger partial charge in [0.2, 0.25) is 11.8 Å². The van der Waals surface area contributed by atoms with Gasteiger partial charge in [-0.25, -0.2) is 0 Å². The van der Waals surface area contributed by atoms with Crippen molar-refractivity contribution in [2.24, 2.45) is 11.8 Å². The van der Waals surface area contributed by atoms with E-state index in [-0.39, 0.29) is 17.9 Å². The molecule has 0 aromatic heterocycles. The van der Waals surface area contributed by atoms with E-state index in [9.17, 15) is 14.0 Å². The summed E-state index contributed by atoms with van der Waals surface area (Å²) in [6, 6.07) is -0.787. The third-order valence-electron chi connectivity index (χ3n) is 3.85. The third-order valence-corrected chi connectivity index (χ3v) is 3.85. The fraction of sp³-hybridized carbons (Fsp3) is 0.857. The first-order chi connectivity index (χ1) is 9.04. The highest BCUT2D eigenvalue weighted by Gasteiger charge is 2.46. The van der Waals surface area contributed by atoms with Crippen LogP contribution >= 0.6 is 0 Å². The third kappa shape index (κ3) is 3.25. The Balaban J connectivity index is 2.11. The summed E-state index contributed by atoms with van der Waals surface area (Å²) in [7, 11) is 0. The quantitative estimate of drug-likeness (QED) is 0.795. The molecule has 0 aromatic rings. The van der Waals surface area contributed by atoms with Crippen LogP contribution < -0.4 is 5.32 Å². The minimum atomic E-state index is -0.451. The standard InChI is InChI=1S/C14H23FN2O2/c1-9(2)8-11-13(18)16-12(10-4-5-10)14(19)17(11)7-3-6-15/h9-12H,3-8H2,1-2H3,(H,16,18). The predicted octanol–water partition coefficient (Wildman–Crippen LogP) is 1.50. The van der Waals surface area contributed by atoms with E-state index in [1.807, 2.05) is 13.8 Å². The van der Waals surface area contributed by atoms with E-state index >= 15 is 0 Å². The van der Waals surface area contributed by atoms with Crippen LogP contribution in [-0.4, -0.2) is 42.0 Å². The molecule has 0 radical (unpaired) electrons. The van der Waals surface area contributed by atoms with Crippen molar-refractivity contribution in [1.29, 1.82) is 0 Å². The number of amides is 2. The molecule has 2 aliphatic rings. The van der Waals surface area contributed by atoms with Crippen LogP contribution in [0.15, 0.2) is 0 Å². The topological polar surface area (TPSA) is 49.4 Å². The van der Waals surface area contributed by atoms with Crippen LogP contribution in [-0.2, 0) is 9.59 Å².